The van der Waals surface area contributed by atoms with Crippen LogP contribution in [0.1, 0.15) is 38.5 Å². The fraction of sp³-hybridized carbons (Fsp3) is 0.882. The number of carbonyl (C=O) groups is 2. The normalized spacial score (nSPS) is 24.9. The maximum Gasteiger partial charge on any atom is 0.239 e. The zero-order chi connectivity index (χ0) is 16.1. The summed E-state index contributed by atoms with van der Waals surface area (Å²) in [4.78, 5) is 31.0. The van der Waals surface area contributed by atoms with E-state index >= 15 is 0 Å². The van der Waals surface area contributed by atoms with Gasteiger partial charge in [-0.3, -0.25) is 14.5 Å². The molecule has 0 aliphatic carbocycles. The Bertz CT molecular complexity index is 419. The number of nitrogens with one attached hydrogen (secondary N) is 1. The number of likely N-dealkylation sites (tertiary alicyclic amines) is 1. The molecule has 0 aromatic carbocycles. The third-order valence-corrected chi connectivity index (χ3v) is 5.36. The Labute approximate surface area is 163 Å². The first-order chi connectivity index (χ1) is 11.2. The van der Waals surface area contributed by atoms with E-state index < -0.39 is 0 Å². The lowest BCUT2D eigenvalue weighted by molar-refractivity contribution is -0.137. The lowest BCUT2D eigenvalue weighted by atomic mass is 10.0. The Kier molecular flexibility index (Phi) is 10.1. The molecule has 3 aliphatic heterocycles. The molecule has 3 fully saturated rings. The van der Waals surface area contributed by atoms with Crippen molar-refractivity contribution in [1.29, 1.82) is 0 Å². The van der Waals surface area contributed by atoms with Gasteiger partial charge in [-0.25, -0.2) is 0 Å². The highest BCUT2D eigenvalue weighted by atomic mass is 35.5. The molecule has 3 heterocycles. The highest BCUT2D eigenvalue weighted by Gasteiger charge is 2.29. The molecule has 1 atom stereocenters. The number of rotatable bonds is 3. The summed E-state index contributed by atoms with van der Waals surface area (Å²) in [6.07, 6.45) is 6.82. The van der Waals surface area contributed by atoms with Crippen molar-refractivity contribution in [2.75, 3.05) is 52.4 Å². The van der Waals surface area contributed by atoms with Gasteiger partial charge in [-0.05, 0) is 38.6 Å². The standard InChI is InChI=1S/C17H30N4O2.2ClH/c22-16(20-8-4-1-5-9-20)14-19-10-12-21(13-11-19)17(23)15-6-2-3-7-18-15;;/h15,18H,1-14H2;2*1H. The maximum atomic E-state index is 12.5. The summed E-state index contributed by atoms with van der Waals surface area (Å²) < 4.78 is 0. The Hall–Kier alpha value is -0.560. The molecule has 25 heavy (non-hydrogen) atoms. The molecule has 0 spiro atoms. The van der Waals surface area contributed by atoms with Gasteiger partial charge in [0.1, 0.15) is 0 Å². The summed E-state index contributed by atoms with van der Waals surface area (Å²) in [5.41, 5.74) is 0. The van der Waals surface area contributed by atoms with Crippen molar-refractivity contribution in [3.8, 4) is 0 Å². The third-order valence-electron chi connectivity index (χ3n) is 5.36. The average Bonchev–Trinajstić information content (AvgIpc) is 2.63. The first-order valence-electron chi connectivity index (χ1n) is 9.26. The van der Waals surface area contributed by atoms with Gasteiger partial charge < -0.3 is 15.1 Å². The monoisotopic (exact) mass is 394 g/mol. The molecule has 1 unspecified atom stereocenters. The second-order valence-corrected chi connectivity index (χ2v) is 7.05. The molecule has 3 aliphatic rings. The van der Waals surface area contributed by atoms with Crippen molar-refractivity contribution in [1.82, 2.24) is 20.0 Å². The largest absolute Gasteiger partial charge is 0.342 e. The van der Waals surface area contributed by atoms with Crippen LogP contribution in [-0.2, 0) is 9.59 Å². The van der Waals surface area contributed by atoms with Crippen LogP contribution in [0.15, 0.2) is 0 Å². The number of amides is 2. The van der Waals surface area contributed by atoms with E-state index in [1.54, 1.807) is 0 Å². The van der Waals surface area contributed by atoms with E-state index in [0.29, 0.717) is 6.54 Å². The zero-order valence-corrected chi connectivity index (χ0v) is 16.6. The fourth-order valence-electron chi connectivity index (χ4n) is 3.84. The van der Waals surface area contributed by atoms with Crippen LogP contribution in [0.2, 0.25) is 0 Å². The van der Waals surface area contributed by atoms with Gasteiger partial charge in [0.2, 0.25) is 11.8 Å². The van der Waals surface area contributed by atoms with Gasteiger partial charge in [0.05, 0.1) is 12.6 Å². The summed E-state index contributed by atoms with van der Waals surface area (Å²) in [7, 11) is 0. The summed E-state index contributed by atoms with van der Waals surface area (Å²) in [5.74, 6) is 0.519. The van der Waals surface area contributed by atoms with E-state index in [9.17, 15) is 9.59 Å². The lowest BCUT2D eigenvalue weighted by Gasteiger charge is -2.38. The first-order valence-corrected chi connectivity index (χ1v) is 9.26. The second kappa shape index (κ2) is 11.2. The van der Waals surface area contributed by atoms with Crippen LogP contribution < -0.4 is 5.32 Å². The number of piperidine rings is 2. The van der Waals surface area contributed by atoms with E-state index in [1.807, 2.05) is 9.80 Å². The number of carbonyl (C=O) groups excluding carboxylic acids is 2. The highest BCUT2D eigenvalue weighted by Crippen LogP contribution is 2.13. The second-order valence-electron chi connectivity index (χ2n) is 7.05. The lowest BCUT2D eigenvalue weighted by Crippen LogP contribution is -2.56. The van der Waals surface area contributed by atoms with Gasteiger partial charge >= 0.3 is 0 Å². The summed E-state index contributed by atoms with van der Waals surface area (Å²) >= 11 is 0. The van der Waals surface area contributed by atoms with Gasteiger partial charge in [0, 0.05) is 39.3 Å². The van der Waals surface area contributed by atoms with Crippen molar-refractivity contribution in [2.24, 2.45) is 0 Å². The predicted octanol–water partition coefficient (Wildman–Crippen LogP) is 1.13. The average molecular weight is 395 g/mol. The van der Waals surface area contributed by atoms with Crippen LogP contribution >= 0.6 is 24.8 Å². The molecule has 8 heteroatoms. The maximum absolute atomic E-state index is 12.5. The summed E-state index contributed by atoms with van der Waals surface area (Å²) in [6, 6.07) is 0.0188. The van der Waals surface area contributed by atoms with E-state index in [1.165, 1.54) is 12.8 Å². The van der Waals surface area contributed by atoms with Crippen molar-refractivity contribution in [2.45, 2.75) is 44.6 Å². The van der Waals surface area contributed by atoms with Crippen LogP contribution in [-0.4, -0.2) is 84.9 Å². The number of halogens is 2. The van der Waals surface area contributed by atoms with E-state index in [2.05, 4.69) is 10.2 Å². The topological polar surface area (TPSA) is 55.9 Å². The SMILES string of the molecule is Cl.Cl.O=C(CN1CCN(C(=O)C2CCCCN2)CC1)N1CCCCC1. The number of nitrogens with zero attached hydrogens (tertiary/aromatic N) is 3. The Morgan fingerprint density at radius 1 is 0.800 bits per heavy atom. The van der Waals surface area contributed by atoms with E-state index in [0.717, 1.165) is 71.5 Å². The third kappa shape index (κ3) is 6.27. The van der Waals surface area contributed by atoms with Crippen molar-refractivity contribution in [3.63, 3.8) is 0 Å². The molecule has 2 amide bonds. The number of hydrogen-bond acceptors (Lipinski definition) is 4. The van der Waals surface area contributed by atoms with Gasteiger partial charge in [-0.2, -0.15) is 0 Å². The van der Waals surface area contributed by atoms with Crippen LogP contribution in [0.25, 0.3) is 0 Å². The quantitative estimate of drug-likeness (QED) is 0.779. The van der Waals surface area contributed by atoms with Crippen LogP contribution in [0.4, 0.5) is 0 Å². The molecule has 146 valence electrons. The van der Waals surface area contributed by atoms with E-state index in [-0.39, 0.29) is 42.7 Å². The number of hydrogen-bond donors (Lipinski definition) is 1. The van der Waals surface area contributed by atoms with Gasteiger partial charge in [-0.1, -0.05) is 6.42 Å². The van der Waals surface area contributed by atoms with Gasteiger partial charge in [0.15, 0.2) is 0 Å². The first kappa shape index (κ1) is 22.5. The minimum Gasteiger partial charge on any atom is -0.342 e. The Morgan fingerprint density at radius 3 is 2.08 bits per heavy atom. The van der Waals surface area contributed by atoms with Crippen molar-refractivity contribution < 1.29 is 9.59 Å². The minimum absolute atomic E-state index is 0. The zero-order valence-electron chi connectivity index (χ0n) is 15.0. The fourth-order valence-corrected chi connectivity index (χ4v) is 3.84. The van der Waals surface area contributed by atoms with Crippen LogP contribution in [0.5, 0.6) is 0 Å². The van der Waals surface area contributed by atoms with Crippen molar-refractivity contribution >= 4 is 36.6 Å². The smallest absolute Gasteiger partial charge is 0.239 e. The molecular weight excluding hydrogens is 363 g/mol. The van der Waals surface area contributed by atoms with Crippen molar-refractivity contribution in [3.05, 3.63) is 0 Å². The summed E-state index contributed by atoms with van der Waals surface area (Å²) in [5, 5.41) is 3.34. The predicted molar refractivity (Wildman–Crippen MR) is 104 cm³/mol. The molecule has 0 aromatic heterocycles. The molecule has 0 radical (unpaired) electrons. The molecule has 3 saturated heterocycles. The summed E-state index contributed by atoms with van der Waals surface area (Å²) in [6.45, 7) is 6.46. The minimum atomic E-state index is 0. The highest BCUT2D eigenvalue weighted by molar-refractivity contribution is 5.85. The Morgan fingerprint density at radius 2 is 1.48 bits per heavy atom. The van der Waals surface area contributed by atoms with Gasteiger partial charge in [-0.15, -0.1) is 24.8 Å². The molecule has 6 nitrogen and oxygen atoms in total. The molecular formula is C17H32Cl2N4O2. The number of piperazine rings is 1. The molecule has 3 rings (SSSR count). The van der Waals surface area contributed by atoms with E-state index in [4.69, 9.17) is 0 Å². The molecule has 0 bridgehead atoms. The van der Waals surface area contributed by atoms with Crippen LogP contribution in [0.3, 0.4) is 0 Å². The van der Waals surface area contributed by atoms with Gasteiger partial charge in [0.25, 0.3) is 0 Å². The molecule has 0 saturated carbocycles. The molecule has 1 N–H and O–H groups in total. The Balaban J connectivity index is 0.00000156. The molecule has 0 aromatic rings. The van der Waals surface area contributed by atoms with Crippen LogP contribution in [0, 0.1) is 0 Å².